The molecule has 6 nitrogen and oxygen atoms in total. The zero-order valence-corrected chi connectivity index (χ0v) is 11.4. The average Bonchev–Trinajstić information content (AvgIpc) is 2.53. The Kier molecular flexibility index (Phi) is 3.42. The molecular formula is C15H13N5O. The minimum atomic E-state index is -0.346. The molecule has 0 aliphatic carbocycles. The second-order valence-electron chi connectivity index (χ2n) is 4.50. The van der Waals surface area contributed by atoms with Gasteiger partial charge in [0.15, 0.2) is 0 Å². The van der Waals surface area contributed by atoms with Gasteiger partial charge in [0.1, 0.15) is 5.69 Å². The molecule has 0 saturated heterocycles. The molecule has 104 valence electrons. The predicted octanol–water partition coefficient (Wildman–Crippen LogP) is 2.09. The Morgan fingerprint density at radius 3 is 2.86 bits per heavy atom. The van der Waals surface area contributed by atoms with E-state index in [-0.39, 0.29) is 11.6 Å². The standard InChI is InChI=1S/C15H13N5O/c1-10-8-13(11-4-2-3-5-12(11)18-10)19-20-15(21)14-9-16-6-7-17-14/h2-9H,1H3,(H,18,19)(H,20,21). The van der Waals surface area contributed by atoms with Crippen molar-refractivity contribution in [1.82, 2.24) is 20.4 Å². The number of amides is 1. The lowest BCUT2D eigenvalue weighted by molar-refractivity contribution is 0.0957. The maximum absolute atomic E-state index is 11.9. The number of carbonyl (C=O) groups is 1. The molecule has 2 N–H and O–H groups in total. The molecule has 3 aromatic rings. The molecule has 0 atom stereocenters. The van der Waals surface area contributed by atoms with Crippen molar-refractivity contribution < 1.29 is 4.79 Å². The van der Waals surface area contributed by atoms with Crippen LogP contribution in [0.5, 0.6) is 0 Å². The Balaban J connectivity index is 1.84. The molecule has 0 fully saturated rings. The first-order chi connectivity index (χ1) is 10.2. The van der Waals surface area contributed by atoms with Crippen molar-refractivity contribution in [2.24, 2.45) is 0 Å². The third-order valence-electron chi connectivity index (χ3n) is 2.95. The minimum Gasteiger partial charge on any atom is -0.298 e. The molecule has 0 radical (unpaired) electrons. The van der Waals surface area contributed by atoms with Crippen LogP contribution in [0.2, 0.25) is 0 Å². The molecule has 0 saturated carbocycles. The number of pyridine rings is 1. The summed E-state index contributed by atoms with van der Waals surface area (Å²) in [7, 11) is 0. The molecule has 2 heterocycles. The van der Waals surface area contributed by atoms with E-state index in [1.807, 2.05) is 37.3 Å². The topological polar surface area (TPSA) is 79.8 Å². The van der Waals surface area contributed by atoms with Gasteiger partial charge in [-0.15, -0.1) is 0 Å². The van der Waals surface area contributed by atoms with E-state index in [0.717, 1.165) is 22.3 Å². The summed E-state index contributed by atoms with van der Waals surface area (Å²) in [5, 5.41) is 0.933. The zero-order chi connectivity index (χ0) is 14.7. The third kappa shape index (κ3) is 2.79. The van der Waals surface area contributed by atoms with Crippen LogP contribution < -0.4 is 10.9 Å². The van der Waals surface area contributed by atoms with E-state index in [1.54, 1.807) is 0 Å². The first-order valence-electron chi connectivity index (χ1n) is 6.43. The number of carbonyl (C=O) groups excluding carboxylic acids is 1. The molecule has 0 bridgehead atoms. The van der Waals surface area contributed by atoms with Crippen LogP contribution in [0.1, 0.15) is 16.2 Å². The van der Waals surface area contributed by atoms with Crippen LogP contribution in [0.3, 0.4) is 0 Å². The first kappa shape index (κ1) is 13.0. The smallest absolute Gasteiger partial charge is 0.289 e. The molecule has 6 heteroatoms. The second kappa shape index (κ2) is 5.54. The Labute approximate surface area is 121 Å². The molecule has 0 aliphatic rings. The highest BCUT2D eigenvalue weighted by atomic mass is 16.2. The number of aromatic nitrogens is 3. The molecular weight excluding hydrogens is 266 g/mol. The number of benzene rings is 1. The molecule has 21 heavy (non-hydrogen) atoms. The average molecular weight is 279 g/mol. The van der Waals surface area contributed by atoms with Gasteiger partial charge in [0, 0.05) is 23.5 Å². The van der Waals surface area contributed by atoms with Crippen molar-refractivity contribution >= 4 is 22.5 Å². The van der Waals surface area contributed by atoms with Gasteiger partial charge in [0.25, 0.3) is 5.91 Å². The highest BCUT2D eigenvalue weighted by Crippen LogP contribution is 2.22. The van der Waals surface area contributed by atoms with Gasteiger partial charge in [0.05, 0.1) is 17.4 Å². The van der Waals surface area contributed by atoms with Gasteiger partial charge < -0.3 is 0 Å². The maximum Gasteiger partial charge on any atom is 0.289 e. The van der Waals surface area contributed by atoms with Crippen molar-refractivity contribution in [1.29, 1.82) is 0 Å². The van der Waals surface area contributed by atoms with Gasteiger partial charge in [-0.2, -0.15) is 0 Å². The summed E-state index contributed by atoms with van der Waals surface area (Å²) in [6.45, 7) is 1.90. The first-order valence-corrected chi connectivity index (χ1v) is 6.43. The van der Waals surface area contributed by atoms with Gasteiger partial charge in [-0.25, -0.2) is 4.98 Å². The lowest BCUT2D eigenvalue weighted by atomic mass is 10.1. The monoisotopic (exact) mass is 279 g/mol. The summed E-state index contributed by atoms with van der Waals surface area (Å²) in [5.74, 6) is -0.346. The molecule has 2 aromatic heterocycles. The summed E-state index contributed by atoms with van der Waals surface area (Å²) in [5.41, 5.74) is 8.31. The fourth-order valence-electron chi connectivity index (χ4n) is 2.02. The van der Waals surface area contributed by atoms with Crippen LogP contribution >= 0.6 is 0 Å². The van der Waals surface area contributed by atoms with Crippen molar-refractivity contribution in [3.8, 4) is 0 Å². The van der Waals surface area contributed by atoms with Gasteiger partial charge >= 0.3 is 0 Å². The van der Waals surface area contributed by atoms with Crippen molar-refractivity contribution in [2.75, 3.05) is 5.43 Å². The van der Waals surface area contributed by atoms with E-state index >= 15 is 0 Å². The van der Waals surface area contributed by atoms with E-state index < -0.39 is 0 Å². The van der Waals surface area contributed by atoms with Crippen LogP contribution in [-0.2, 0) is 0 Å². The number of hydrogen-bond acceptors (Lipinski definition) is 5. The van der Waals surface area contributed by atoms with E-state index in [4.69, 9.17) is 0 Å². The van der Waals surface area contributed by atoms with Gasteiger partial charge in [-0.3, -0.25) is 25.6 Å². The summed E-state index contributed by atoms with van der Waals surface area (Å²) in [6, 6.07) is 9.60. The number of hydrogen-bond donors (Lipinski definition) is 2. The summed E-state index contributed by atoms with van der Waals surface area (Å²) < 4.78 is 0. The summed E-state index contributed by atoms with van der Waals surface area (Å²) in [6.07, 6.45) is 4.40. The fraction of sp³-hybridized carbons (Fsp3) is 0.0667. The third-order valence-corrected chi connectivity index (χ3v) is 2.95. The lowest BCUT2D eigenvalue weighted by Crippen LogP contribution is -2.30. The van der Waals surface area contributed by atoms with Crippen molar-refractivity contribution in [2.45, 2.75) is 6.92 Å². The van der Waals surface area contributed by atoms with Crippen LogP contribution in [0.15, 0.2) is 48.9 Å². The number of nitrogens with zero attached hydrogens (tertiary/aromatic N) is 3. The van der Waals surface area contributed by atoms with Crippen molar-refractivity contribution in [3.63, 3.8) is 0 Å². The van der Waals surface area contributed by atoms with Crippen LogP contribution in [-0.4, -0.2) is 20.9 Å². The van der Waals surface area contributed by atoms with E-state index in [0.29, 0.717) is 0 Å². The van der Waals surface area contributed by atoms with Gasteiger partial charge in [-0.05, 0) is 19.1 Å². The Hall–Kier alpha value is -3.02. The molecule has 0 unspecified atom stereocenters. The van der Waals surface area contributed by atoms with Crippen LogP contribution in [0.25, 0.3) is 10.9 Å². The van der Waals surface area contributed by atoms with Gasteiger partial charge in [0.2, 0.25) is 0 Å². The Morgan fingerprint density at radius 2 is 2.05 bits per heavy atom. The number of para-hydroxylation sites is 1. The summed E-state index contributed by atoms with van der Waals surface area (Å²) in [4.78, 5) is 24.2. The number of nitrogens with one attached hydrogen (secondary N) is 2. The number of rotatable bonds is 3. The Morgan fingerprint density at radius 1 is 1.19 bits per heavy atom. The molecule has 0 aliphatic heterocycles. The van der Waals surface area contributed by atoms with E-state index in [9.17, 15) is 4.79 Å². The minimum absolute atomic E-state index is 0.250. The van der Waals surface area contributed by atoms with Crippen molar-refractivity contribution in [3.05, 3.63) is 60.3 Å². The molecule has 0 spiro atoms. The number of hydrazine groups is 1. The van der Waals surface area contributed by atoms with Crippen LogP contribution in [0, 0.1) is 6.92 Å². The SMILES string of the molecule is Cc1cc(NNC(=O)c2cnccn2)c2ccccc2n1. The number of aryl methyl sites for hydroxylation is 1. The largest absolute Gasteiger partial charge is 0.298 e. The van der Waals surface area contributed by atoms with E-state index in [1.165, 1.54) is 18.6 Å². The highest BCUT2D eigenvalue weighted by Gasteiger charge is 2.08. The quantitative estimate of drug-likeness (QED) is 0.718. The van der Waals surface area contributed by atoms with Gasteiger partial charge in [-0.1, -0.05) is 18.2 Å². The molecule has 1 aromatic carbocycles. The predicted molar refractivity (Wildman–Crippen MR) is 79.6 cm³/mol. The number of fused-ring (bicyclic) bond motifs is 1. The summed E-state index contributed by atoms with van der Waals surface area (Å²) >= 11 is 0. The zero-order valence-electron chi connectivity index (χ0n) is 11.4. The lowest BCUT2D eigenvalue weighted by Gasteiger charge is -2.11. The number of anilines is 1. The highest BCUT2D eigenvalue weighted by molar-refractivity contribution is 5.95. The van der Waals surface area contributed by atoms with Crippen LogP contribution in [0.4, 0.5) is 5.69 Å². The fourth-order valence-corrected chi connectivity index (χ4v) is 2.02. The molecule has 1 amide bonds. The normalized spacial score (nSPS) is 10.3. The second-order valence-corrected chi connectivity index (χ2v) is 4.50. The molecule has 3 rings (SSSR count). The Bertz CT molecular complexity index is 788. The van der Waals surface area contributed by atoms with E-state index in [2.05, 4.69) is 25.8 Å². The maximum atomic E-state index is 11.9.